The van der Waals surface area contributed by atoms with E-state index in [0.29, 0.717) is 16.9 Å². The molecule has 1 aliphatic heterocycles. The monoisotopic (exact) mass is 287 g/mol. The van der Waals surface area contributed by atoms with Crippen LogP contribution in [0.5, 0.6) is 0 Å². The minimum atomic E-state index is -0.183. The average Bonchev–Trinajstić information content (AvgIpc) is 2.26. The van der Waals surface area contributed by atoms with Gasteiger partial charge in [0.25, 0.3) is 5.56 Å². The third kappa shape index (κ3) is 2.44. The van der Waals surface area contributed by atoms with Crippen molar-refractivity contribution in [2.45, 2.75) is 25.3 Å². The van der Waals surface area contributed by atoms with Gasteiger partial charge in [0.2, 0.25) is 0 Å². The molecule has 2 N–H and O–H groups in total. The summed E-state index contributed by atoms with van der Waals surface area (Å²) in [4.78, 5) is 18.0. The second kappa shape index (κ2) is 4.55. The molecule has 88 valence electrons. The van der Waals surface area contributed by atoms with E-state index in [1.165, 1.54) is 6.33 Å². The molecule has 1 atom stereocenters. The van der Waals surface area contributed by atoms with Crippen LogP contribution in [0.25, 0.3) is 0 Å². The van der Waals surface area contributed by atoms with Gasteiger partial charge in [-0.3, -0.25) is 4.79 Å². The van der Waals surface area contributed by atoms with Crippen LogP contribution in [0.15, 0.2) is 15.6 Å². The minimum absolute atomic E-state index is 0.151. The van der Waals surface area contributed by atoms with Gasteiger partial charge in [-0.2, -0.15) is 0 Å². The predicted octanol–water partition coefficient (Wildman–Crippen LogP) is 1.51. The smallest absolute Gasteiger partial charge is 0.267 e. The summed E-state index contributed by atoms with van der Waals surface area (Å²) in [5, 5.41) is 3.26. The quantitative estimate of drug-likeness (QED) is 0.865. The molecule has 5 nitrogen and oxygen atoms in total. The van der Waals surface area contributed by atoms with Crippen molar-refractivity contribution in [3.05, 3.63) is 21.2 Å². The van der Waals surface area contributed by atoms with Gasteiger partial charge in [-0.25, -0.2) is 4.98 Å². The summed E-state index contributed by atoms with van der Waals surface area (Å²) in [5.41, 5.74) is -0.334. The molecule has 16 heavy (non-hydrogen) atoms. The van der Waals surface area contributed by atoms with Gasteiger partial charge in [-0.15, -0.1) is 0 Å². The van der Waals surface area contributed by atoms with Crippen LogP contribution in [-0.4, -0.2) is 28.7 Å². The topological polar surface area (TPSA) is 67.0 Å². The molecule has 0 aromatic carbocycles. The van der Waals surface area contributed by atoms with Crippen LogP contribution in [-0.2, 0) is 4.74 Å². The number of anilines is 1. The maximum absolute atomic E-state index is 11.4. The van der Waals surface area contributed by atoms with Crippen LogP contribution < -0.4 is 10.9 Å². The molecule has 0 spiro atoms. The largest absolute Gasteiger partial charge is 0.379 e. The summed E-state index contributed by atoms with van der Waals surface area (Å²) in [7, 11) is 0. The molecule has 1 saturated heterocycles. The van der Waals surface area contributed by atoms with Gasteiger partial charge in [-0.1, -0.05) is 0 Å². The lowest BCUT2D eigenvalue weighted by Gasteiger charge is -2.34. The number of hydrogen-bond acceptors (Lipinski definition) is 4. The Hall–Kier alpha value is -0.880. The Labute approximate surface area is 102 Å². The fraction of sp³-hybridized carbons (Fsp3) is 0.600. The van der Waals surface area contributed by atoms with Gasteiger partial charge in [-0.05, 0) is 35.7 Å². The zero-order valence-corrected chi connectivity index (χ0v) is 10.6. The number of aromatic nitrogens is 2. The van der Waals surface area contributed by atoms with E-state index in [1.54, 1.807) is 0 Å². The molecule has 2 rings (SSSR count). The zero-order chi connectivity index (χ0) is 11.6. The second-order valence-electron chi connectivity index (χ2n) is 4.24. The molecule has 0 bridgehead atoms. The van der Waals surface area contributed by atoms with E-state index in [2.05, 4.69) is 38.1 Å². The van der Waals surface area contributed by atoms with Gasteiger partial charge in [0.15, 0.2) is 0 Å². The van der Waals surface area contributed by atoms with E-state index in [1.807, 2.05) is 0 Å². The molecule has 0 saturated carbocycles. The first-order chi connectivity index (χ1) is 7.61. The lowest BCUT2D eigenvalue weighted by atomic mass is 9.95. The number of ether oxygens (including phenoxy) is 1. The molecule has 1 aromatic rings. The number of nitrogens with one attached hydrogen (secondary N) is 2. The highest BCUT2D eigenvalue weighted by Crippen LogP contribution is 2.25. The maximum atomic E-state index is 11.4. The lowest BCUT2D eigenvalue weighted by molar-refractivity contribution is 0.0538. The molecule has 0 radical (unpaired) electrons. The second-order valence-corrected chi connectivity index (χ2v) is 5.03. The third-order valence-electron chi connectivity index (χ3n) is 2.65. The average molecular weight is 288 g/mol. The first-order valence-corrected chi connectivity index (χ1v) is 5.99. The Balaban J connectivity index is 2.19. The van der Waals surface area contributed by atoms with Crippen LogP contribution in [0.2, 0.25) is 0 Å². The Morgan fingerprint density at radius 3 is 3.19 bits per heavy atom. The van der Waals surface area contributed by atoms with Crippen LogP contribution >= 0.6 is 15.9 Å². The van der Waals surface area contributed by atoms with Crippen molar-refractivity contribution in [3.63, 3.8) is 0 Å². The molecule has 2 heterocycles. The normalized spacial score (nSPS) is 25.4. The molecular weight excluding hydrogens is 274 g/mol. The summed E-state index contributed by atoms with van der Waals surface area (Å²) in [5.74, 6) is 0.566. The van der Waals surface area contributed by atoms with Gasteiger partial charge >= 0.3 is 0 Å². The molecular formula is C10H14BrN3O2. The van der Waals surface area contributed by atoms with Crippen molar-refractivity contribution in [1.29, 1.82) is 0 Å². The standard InChI is InChI=1S/C10H14BrN3O2/c1-10(3-2-4-16-5-10)14-8-7(11)9(15)13-6-12-8/h6H,2-5H2,1H3,(H2,12,13,14,15). The van der Waals surface area contributed by atoms with E-state index in [-0.39, 0.29) is 11.1 Å². The van der Waals surface area contributed by atoms with E-state index >= 15 is 0 Å². The third-order valence-corrected chi connectivity index (χ3v) is 3.39. The highest BCUT2D eigenvalue weighted by Gasteiger charge is 2.28. The Morgan fingerprint density at radius 1 is 1.69 bits per heavy atom. The molecule has 1 unspecified atom stereocenters. The van der Waals surface area contributed by atoms with Gasteiger partial charge in [0.1, 0.15) is 10.3 Å². The molecule has 1 aromatic heterocycles. The van der Waals surface area contributed by atoms with Crippen molar-refractivity contribution in [1.82, 2.24) is 9.97 Å². The van der Waals surface area contributed by atoms with E-state index in [4.69, 9.17) is 4.74 Å². The lowest BCUT2D eigenvalue weighted by Crippen LogP contribution is -2.43. The van der Waals surface area contributed by atoms with Crippen LogP contribution in [0.3, 0.4) is 0 Å². The molecule has 0 amide bonds. The van der Waals surface area contributed by atoms with Gasteiger partial charge in [0, 0.05) is 6.61 Å². The number of hydrogen-bond donors (Lipinski definition) is 2. The molecule has 1 fully saturated rings. The van der Waals surface area contributed by atoms with E-state index < -0.39 is 0 Å². The summed E-state index contributed by atoms with van der Waals surface area (Å²) < 4.78 is 5.87. The SMILES string of the molecule is CC1(Nc2nc[nH]c(=O)c2Br)CCCOC1. The Morgan fingerprint density at radius 2 is 2.50 bits per heavy atom. The zero-order valence-electron chi connectivity index (χ0n) is 9.05. The number of H-pyrrole nitrogens is 1. The summed E-state index contributed by atoms with van der Waals surface area (Å²) >= 11 is 3.22. The number of aromatic amines is 1. The maximum Gasteiger partial charge on any atom is 0.267 e. The first kappa shape index (κ1) is 11.6. The minimum Gasteiger partial charge on any atom is -0.379 e. The molecule has 6 heteroatoms. The Bertz CT molecular complexity index is 426. The fourth-order valence-electron chi connectivity index (χ4n) is 1.79. The van der Waals surface area contributed by atoms with Crippen LogP contribution in [0.1, 0.15) is 19.8 Å². The summed E-state index contributed by atoms with van der Waals surface area (Å²) in [6.07, 6.45) is 3.42. The highest BCUT2D eigenvalue weighted by molar-refractivity contribution is 9.10. The first-order valence-electron chi connectivity index (χ1n) is 5.20. The van der Waals surface area contributed by atoms with Gasteiger partial charge < -0.3 is 15.0 Å². The predicted molar refractivity (Wildman–Crippen MR) is 64.6 cm³/mol. The summed E-state index contributed by atoms with van der Waals surface area (Å²) in [6.45, 7) is 3.51. The van der Waals surface area contributed by atoms with E-state index in [9.17, 15) is 4.79 Å². The van der Waals surface area contributed by atoms with Crippen molar-refractivity contribution >= 4 is 21.7 Å². The van der Waals surface area contributed by atoms with Gasteiger partial charge in [0.05, 0.1) is 18.5 Å². The number of halogens is 1. The fourth-order valence-corrected chi connectivity index (χ4v) is 2.10. The number of rotatable bonds is 2. The molecule has 1 aliphatic rings. The van der Waals surface area contributed by atoms with Crippen molar-refractivity contribution in [2.24, 2.45) is 0 Å². The van der Waals surface area contributed by atoms with Crippen molar-refractivity contribution in [3.8, 4) is 0 Å². The Kier molecular flexibility index (Phi) is 3.30. The van der Waals surface area contributed by atoms with Crippen molar-refractivity contribution in [2.75, 3.05) is 18.5 Å². The van der Waals surface area contributed by atoms with Crippen LogP contribution in [0.4, 0.5) is 5.82 Å². The highest BCUT2D eigenvalue weighted by atomic mass is 79.9. The van der Waals surface area contributed by atoms with E-state index in [0.717, 1.165) is 19.4 Å². The number of nitrogens with zero attached hydrogens (tertiary/aromatic N) is 1. The van der Waals surface area contributed by atoms with Crippen LogP contribution in [0, 0.1) is 0 Å². The van der Waals surface area contributed by atoms with Crippen molar-refractivity contribution < 1.29 is 4.74 Å². The summed E-state index contributed by atoms with van der Waals surface area (Å²) in [6, 6.07) is 0. The molecule has 0 aliphatic carbocycles.